The Morgan fingerprint density at radius 2 is 1.86 bits per heavy atom. The zero-order chi connectivity index (χ0) is 16.3. The van der Waals surface area contributed by atoms with Crippen LogP contribution in [-0.2, 0) is 4.74 Å². The molecule has 2 aromatic rings. The van der Waals surface area contributed by atoms with Gasteiger partial charge in [-0.2, -0.15) is 0 Å². The largest absolute Gasteiger partial charge is 0.495 e. The SMILES string of the molecule is CCOC(=O)c1c(F)c(-c2ccc(F)cc2)cc(I)c1OC. The van der Waals surface area contributed by atoms with Gasteiger partial charge in [-0.25, -0.2) is 13.6 Å². The lowest BCUT2D eigenvalue weighted by molar-refractivity contribution is 0.0517. The maximum Gasteiger partial charge on any atom is 0.345 e. The number of hydrogen-bond acceptors (Lipinski definition) is 3. The molecule has 0 aliphatic rings. The highest BCUT2D eigenvalue weighted by Crippen LogP contribution is 2.35. The molecule has 0 fully saturated rings. The van der Waals surface area contributed by atoms with Crippen molar-refractivity contribution < 1.29 is 23.0 Å². The van der Waals surface area contributed by atoms with Gasteiger partial charge in [-0.1, -0.05) is 12.1 Å². The Labute approximate surface area is 140 Å². The van der Waals surface area contributed by atoms with Gasteiger partial charge in [0.2, 0.25) is 0 Å². The standard InChI is InChI=1S/C16H13F2IO3/c1-3-22-16(20)13-14(18)11(8-12(19)15(13)21-2)9-4-6-10(17)7-5-9/h4-8H,3H2,1-2H3. The minimum atomic E-state index is -0.793. The van der Waals surface area contributed by atoms with Crippen molar-refractivity contribution in [1.82, 2.24) is 0 Å². The summed E-state index contributed by atoms with van der Waals surface area (Å²) in [4.78, 5) is 12.0. The predicted molar refractivity (Wildman–Crippen MR) is 87.0 cm³/mol. The molecule has 0 bridgehead atoms. The number of ether oxygens (including phenoxy) is 2. The molecule has 0 amide bonds. The summed E-state index contributed by atoms with van der Waals surface area (Å²) in [7, 11) is 1.36. The normalized spacial score (nSPS) is 10.4. The smallest absolute Gasteiger partial charge is 0.345 e. The molecule has 0 aromatic heterocycles. The van der Waals surface area contributed by atoms with Crippen molar-refractivity contribution in [2.75, 3.05) is 13.7 Å². The molecule has 6 heteroatoms. The van der Waals surface area contributed by atoms with Crippen LogP contribution in [0.2, 0.25) is 0 Å². The van der Waals surface area contributed by atoms with Gasteiger partial charge in [-0.05, 0) is 53.3 Å². The van der Waals surface area contributed by atoms with Gasteiger partial charge in [-0.3, -0.25) is 0 Å². The second-order valence-corrected chi connectivity index (χ2v) is 5.52. The summed E-state index contributed by atoms with van der Waals surface area (Å²) < 4.78 is 38.4. The lowest BCUT2D eigenvalue weighted by Crippen LogP contribution is -2.11. The maximum atomic E-state index is 14.8. The van der Waals surface area contributed by atoms with Crippen LogP contribution in [0, 0.1) is 15.2 Å². The molecule has 0 spiro atoms. The summed E-state index contributed by atoms with van der Waals surface area (Å²) in [5.74, 6) is -1.83. The maximum absolute atomic E-state index is 14.8. The summed E-state index contributed by atoms with van der Waals surface area (Å²) in [6.45, 7) is 1.76. The van der Waals surface area contributed by atoms with Crippen LogP contribution in [-0.4, -0.2) is 19.7 Å². The van der Waals surface area contributed by atoms with E-state index in [-0.39, 0.29) is 23.5 Å². The first-order valence-corrected chi connectivity index (χ1v) is 7.56. The first kappa shape index (κ1) is 16.7. The Kier molecular flexibility index (Phi) is 5.33. The Morgan fingerprint density at radius 3 is 2.41 bits per heavy atom. The molecule has 2 rings (SSSR count). The highest BCUT2D eigenvalue weighted by molar-refractivity contribution is 14.1. The molecule has 0 saturated carbocycles. The summed E-state index contributed by atoms with van der Waals surface area (Å²) in [6, 6.07) is 6.91. The van der Waals surface area contributed by atoms with E-state index in [0.29, 0.717) is 9.13 Å². The second kappa shape index (κ2) is 7.04. The molecule has 0 aliphatic heterocycles. The summed E-state index contributed by atoms with van der Waals surface area (Å²) >= 11 is 1.95. The van der Waals surface area contributed by atoms with E-state index in [0.717, 1.165) is 0 Å². The van der Waals surface area contributed by atoms with Crippen LogP contribution in [0.15, 0.2) is 30.3 Å². The van der Waals surface area contributed by atoms with E-state index in [4.69, 9.17) is 9.47 Å². The highest BCUT2D eigenvalue weighted by Gasteiger charge is 2.25. The van der Waals surface area contributed by atoms with E-state index in [9.17, 15) is 13.6 Å². The van der Waals surface area contributed by atoms with Crippen molar-refractivity contribution in [3.8, 4) is 16.9 Å². The van der Waals surface area contributed by atoms with E-state index >= 15 is 0 Å². The van der Waals surface area contributed by atoms with E-state index < -0.39 is 17.6 Å². The topological polar surface area (TPSA) is 35.5 Å². The van der Waals surface area contributed by atoms with Gasteiger partial charge in [0.05, 0.1) is 17.3 Å². The third-order valence-electron chi connectivity index (χ3n) is 3.01. The Morgan fingerprint density at radius 1 is 1.23 bits per heavy atom. The zero-order valence-electron chi connectivity index (χ0n) is 12.0. The number of rotatable bonds is 4. The van der Waals surface area contributed by atoms with Gasteiger partial charge >= 0.3 is 5.97 Å². The number of benzene rings is 2. The molecular formula is C16H13F2IO3. The number of hydrogen-bond donors (Lipinski definition) is 0. The van der Waals surface area contributed by atoms with Gasteiger partial charge in [0.25, 0.3) is 0 Å². The van der Waals surface area contributed by atoms with Gasteiger partial charge < -0.3 is 9.47 Å². The van der Waals surface area contributed by atoms with Crippen LogP contribution >= 0.6 is 22.6 Å². The van der Waals surface area contributed by atoms with Crippen molar-refractivity contribution >= 4 is 28.6 Å². The third kappa shape index (κ3) is 3.21. The Bertz CT molecular complexity index is 700. The van der Waals surface area contributed by atoms with Crippen molar-refractivity contribution in [3.05, 3.63) is 51.1 Å². The molecule has 116 valence electrons. The molecule has 0 N–H and O–H groups in total. The third-order valence-corrected chi connectivity index (χ3v) is 3.81. The molecule has 0 heterocycles. The molecule has 3 nitrogen and oxygen atoms in total. The minimum Gasteiger partial charge on any atom is -0.495 e. The fourth-order valence-corrected chi connectivity index (χ4v) is 2.84. The fourth-order valence-electron chi connectivity index (χ4n) is 2.03. The highest BCUT2D eigenvalue weighted by atomic mass is 127. The Balaban J connectivity index is 2.66. The van der Waals surface area contributed by atoms with Gasteiger partial charge in [-0.15, -0.1) is 0 Å². The number of carbonyl (C=O) groups excluding carboxylic acids is 1. The molecule has 0 radical (unpaired) electrons. The van der Waals surface area contributed by atoms with Gasteiger partial charge in [0, 0.05) is 5.56 Å². The van der Waals surface area contributed by atoms with Crippen LogP contribution < -0.4 is 4.74 Å². The molecule has 2 aromatic carbocycles. The summed E-state index contributed by atoms with van der Waals surface area (Å²) in [5.41, 5.74) is 0.397. The van der Waals surface area contributed by atoms with Crippen molar-refractivity contribution in [2.24, 2.45) is 0 Å². The van der Waals surface area contributed by atoms with Crippen molar-refractivity contribution in [1.29, 1.82) is 0 Å². The number of carbonyl (C=O) groups is 1. The van der Waals surface area contributed by atoms with E-state index in [2.05, 4.69) is 0 Å². The zero-order valence-corrected chi connectivity index (χ0v) is 14.1. The predicted octanol–water partition coefficient (Wildman–Crippen LogP) is 4.42. The fraction of sp³-hybridized carbons (Fsp3) is 0.188. The first-order chi connectivity index (χ1) is 10.5. The van der Waals surface area contributed by atoms with Crippen LogP contribution in [0.3, 0.4) is 0 Å². The van der Waals surface area contributed by atoms with E-state index in [1.165, 1.54) is 31.4 Å². The molecule has 0 atom stereocenters. The molecule has 0 aliphatic carbocycles. The molecule has 0 saturated heterocycles. The molecular weight excluding hydrogens is 405 g/mol. The number of halogens is 3. The van der Waals surface area contributed by atoms with E-state index in [1.807, 2.05) is 22.6 Å². The summed E-state index contributed by atoms with van der Waals surface area (Å²) in [5, 5.41) is 0. The lowest BCUT2D eigenvalue weighted by Gasteiger charge is -2.14. The second-order valence-electron chi connectivity index (χ2n) is 4.36. The average molecular weight is 418 g/mol. The molecule has 22 heavy (non-hydrogen) atoms. The van der Waals surface area contributed by atoms with Crippen molar-refractivity contribution in [3.63, 3.8) is 0 Å². The minimum absolute atomic E-state index is 0.124. The monoisotopic (exact) mass is 418 g/mol. The van der Waals surface area contributed by atoms with Crippen LogP contribution in [0.1, 0.15) is 17.3 Å². The van der Waals surface area contributed by atoms with Crippen LogP contribution in [0.25, 0.3) is 11.1 Å². The number of methoxy groups -OCH3 is 1. The molecule has 0 unspecified atom stereocenters. The average Bonchev–Trinajstić information content (AvgIpc) is 2.50. The van der Waals surface area contributed by atoms with Crippen LogP contribution in [0.4, 0.5) is 8.78 Å². The summed E-state index contributed by atoms with van der Waals surface area (Å²) in [6.07, 6.45) is 0. The first-order valence-electron chi connectivity index (χ1n) is 6.48. The van der Waals surface area contributed by atoms with Crippen LogP contribution in [0.5, 0.6) is 5.75 Å². The van der Waals surface area contributed by atoms with Crippen molar-refractivity contribution in [2.45, 2.75) is 6.92 Å². The van der Waals surface area contributed by atoms with Gasteiger partial charge in [0.15, 0.2) is 0 Å². The van der Waals surface area contributed by atoms with Gasteiger partial charge in [0.1, 0.15) is 22.9 Å². The number of esters is 1. The Hall–Kier alpha value is -1.70. The van der Waals surface area contributed by atoms with E-state index in [1.54, 1.807) is 13.0 Å². The lowest BCUT2D eigenvalue weighted by atomic mass is 10.0. The quantitative estimate of drug-likeness (QED) is 0.545.